The smallest absolute Gasteiger partial charge is 0.287 e. The maximum Gasteiger partial charge on any atom is 0.287 e. The first-order valence-electron chi connectivity index (χ1n) is 7.96. The molecule has 0 radical (unpaired) electrons. The summed E-state index contributed by atoms with van der Waals surface area (Å²) in [4.78, 5) is 12.5. The summed E-state index contributed by atoms with van der Waals surface area (Å²) >= 11 is 0. The van der Waals surface area contributed by atoms with E-state index in [2.05, 4.69) is 5.32 Å². The highest BCUT2D eigenvalue weighted by atomic mass is 16.5. The van der Waals surface area contributed by atoms with Crippen LogP contribution in [0, 0.1) is 13.8 Å². The fraction of sp³-hybridized carbons (Fsp3) is 0.316. The molecule has 1 aromatic carbocycles. The van der Waals surface area contributed by atoms with Gasteiger partial charge in [-0.1, -0.05) is 0 Å². The lowest BCUT2D eigenvalue weighted by atomic mass is 10.0. The standard InChI is InChI=1S/C19H21NO5/c1-11-5-8-16(24-11)19(3,22)10-20-18(21)17-12(2)14-9-13(23-4)6-7-15(14)25-17/h5-9,22H,10H2,1-4H3,(H,20,21). The number of rotatable bonds is 5. The van der Waals surface area contributed by atoms with Gasteiger partial charge in [-0.3, -0.25) is 4.79 Å². The number of benzene rings is 1. The van der Waals surface area contributed by atoms with E-state index in [0.29, 0.717) is 22.9 Å². The molecule has 1 unspecified atom stereocenters. The van der Waals surface area contributed by atoms with Crippen molar-refractivity contribution in [3.8, 4) is 5.75 Å². The van der Waals surface area contributed by atoms with E-state index in [0.717, 1.165) is 10.9 Å². The molecule has 132 valence electrons. The van der Waals surface area contributed by atoms with Gasteiger partial charge in [0.05, 0.1) is 13.7 Å². The Hall–Kier alpha value is -2.73. The van der Waals surface area contributed by atoms with Gasteiger partial charge in [0.25, 0.3) is 5.91 Å². The molecule has 2 aromatic heterocycles. The molecule has 3 rings (SSSR count). The number of amides is 1. The van der Waals surface area contributed by atoms with Gasteiger partial charge in [0.2, 0.25) is 0 Å². The molecule has 0 saturated heterocycles. The molecule has 0 aliphatic heterocycles. The third kappa shape index (κ3) is 3.25. The van der Waals surface area contributed by atoms with Gasteiger partial charge in [0, 0.05) is 10.9 Å². The van der Waals surface area contributed by atoms with E-state index in [1.807, 2.05) is 13.0 Å². The number of ether oxygens (including phenoxy) is 1. The van der Waals surface area contributed by atoms with Crippen LogP contribution in [0.3, 0.4) is 0 Å². The molecule has 0 fully saturated rings. The van der Waals surface area contributed by atoms with Crippen LogP contribution in [0.25, 0.3) is 11.0 Å². The predicted molar refractivity (Wildman–Crippen MR) is 92.9 cm³/mol. The third-order valence-electron chi connectivity index (χ3n) is 4.21. The number of fused-ring (bicyclic) bond motifs is 1. The molecule has 0 spiro atoms. The van der Waals surface area contributed by atoms with E-state index < -0.39 is 11.5 Å². The quantitative estimate of drug-likeness (QED) is 0.742. The maximum atomic E-state index is 12.5. The highest BCUT2D eigenvalue weighted by Crippen LogP contribution is 2.29. The second-order valence-electron chi connectivity index (χ2n) is 6.29. The Bertz CT molecular complexity index is 919. The van der Waals surface area contributed by atoms with Crippen molar-refractivity contribution in [3.05, 3.63) is 53.2 Å². The lowest BCUT2D eigenvalue weighted by Crippen LogP contribution is -2.38. The van der Waals surface area contributed by atoms with Crippen LogP contribution in [-0.2, 0) is 5.60 Å². The summed E-state index contributed by atoms with van der Waals surface area (Å²) in [6.45, 7) is 5.19. The van der Waals surface area contributed by atoms with Gasteiger partial charge in [-0.05, 0) is 51.1 Å². The van der Waals surface area contributed by atoms with Gasteiger partial charge in [-0.2, -0.15) is 0 Å². The SMILES string of the molecule is COc1ccc2oc(C(=O)NCC(C)(O)c3ccc(C)o3)c(C)c2c1. The molecule has 0 bridgehead atoms. The lowest BCUT2D eigenvalue weighted by molar-refractivity contribution is 0.0319. The number of aliphatic hydroxyl groups is 1. The molecule has 0 aliphatic rings. The van der Waals surface area contributed by atoms with Gasteiger partial charge in [0.15, 0.2) is 5.76 Å². The summed E-state index contributed by atoms with van der Waals surface area (Å²) in [6, 6.07) is 8.83. The molecule has 2 heterocycles. The van der Waals surface area contributed by atoms with Crippen LogP contribution < -0.4 is 10.1 Å². The monoisotopic (exact) mass is 343 g/mol. The number of nitrogens with one attached hydrogen (secondary N) is 1. The number of hydrogen-bond donors (Lipinski definition) is 2. The molecule has 3 aromatic rings. The Kier molecular flexibility index (Phi) is 4.30. The van der Waals surface area contributed by atoms with Crippen molar-refractivity contribution in [2.75, 3.05) is 13.7 Å². The normalized spacial score (nSPS) is 13.6. The minimum absolute atomic E-state index is 0.00140. The molecule has 6 heteroatoms. The summed E-state index contributed by atoms with van der Waals surface area (Å²) in [6.07, 6.45) is 0. The summed E-state index contributed by atoms with van der Waals surface area (Å²) < 4.78 is 16.3. The molecule has 1 amide bonds. The molecule has 0 aliphatic carbocycles. The highest BCUT2D eigenvalue weighted by Gasteiger charge is 2.28. The lowest BCUT2D eigenvalue weighted by Gasteiger charge is -2.21. The largest absolute Gasteiger partial charge is 0.497 e. The first kappa shape index (κ1) is 17.1. The first-order valence-corrected chi connectivity index (χ1v) is 7.96. The zero-order chi connectivity index (χ0) is 18.2. The molecule has 6 nitrogen and oxygen atoms in total. The number of methoxy groups -OCH3 is 1. The van der Waals surface area contributed by atoms with Crippen molar-refractivity contribution in [2.24, 2.45) is 0 Å². The van der Waals surface area contributed by atoms with Crippen molar-refractivity contribution in [2.45, 2.75) is 26.4 Å². The van der Waals surface area contributed by atoms with Crippen LogP contribution in [0.1, 0.15) is 34.6 Å². The van der Waals surface area contributed by atoms with Crippen molar-refractivity contribution >= 4 is 16.9 Å². The Labute approximate surface area is 145 Å². The van der Waals surface area contributed by atoms with Crippen LogP contribution in [-0.4, -0.2) is 24.7 Å². The van der Waals surface area contributed by atoms with Crippen LogP contribution in [0.15, 0.2) is 39.2 Å². The molecule has 1 atom stereocenters. The van der Waals surface area contributed by atoms with Crippen molar-refractivity contribution in [1.82, 2.24) is 5.32 Å². The molecule has 0 saturated carbocycles. The van der Waals surface area contributed by atoms with E-state index in [1.165, 1.54) is 0 Å². The predicted octanol–water partition coefficient (Wildman–Crippen LogP) is 3.29. The average molecular weight is 343 g/mol. The van der Waals surface area contributed by atoms with Gasteiger partial charge in [-0.15, -0.1) is 0 Å². The highest BCUT2D eigenvalue weighted by molar-refractivity contribution is 5.99. The Morgan fingerprint density at radius 2 is 2.00 bits per heavy atom. The Morgan fingerprint density at radius 3 is 2.64 bits per heavy atom. The van der Waals surface area contributed by atoms with Crippen LogP contribution in [0.2, 0.25) is 0 Å². The molecule has 25 heavy (non-hydrogen) atoms. The van der Waals surface area contributed by atoms with Gasteiger partial charge in [0.1, 0.15) is 28.5 Å². The number of hydrogen-bond acceptors (Lipinski definition) is 5. The summed E-state index contributed by atoms with van der Waals surface area (Å²) in [7, 11) is 1.59. The summed E-state index contributed by atoms with van der Waals surface area (Å²) in [5.41, 5.74) is 0.0179. The Balaban J connectivity index is 1.79. The second kappa shape index (κ2) is 6.29. The summed E-state index contributed by atoms with van der Waals surface area (Å²) in [5, 5.41) is 14.0. The molecule has 2 N–H and O–H groups in total. The number of carbonyl (C=O) groups is 1. The van der Waals surface area contributed by atoms with Gasteiger partial charge < -0.3 is 24.0 Å². The number of aryl methyl sites for hydroxylation is 2. The fourth-order valence-corrected chi connectivity index (χ4v) is 2.69. The van der Waals surface area contributed by atoms with Crippen LogP contribution in [0.4, 0.5) is 0 Å². The van der Waals surface area contributed by atoms with Crippen LogP contribution >= 0.6 is 0 Å². The van der Waals surface area contributed by atoms with Gasteiger partial charge in [-0.25, -0.2) is 0 Å². The van der Waals surface area contributed by atoms with E-state index in [4.69, 9.17) is 13.6 Å². The van der Waals surface area contributed by atoms with Gasteiger partial charge >= 0.3 is 0 Å². The number of carbonyl (C=O) groups excluding carboxylic acids is 1. The second-order valence-corrected chi connectivity index (χ2v) is 6.29. The topological polar surface area (TPSA) is 84.8 Å². The summed E-state index contributed by atoms with van der Waals surface area (Å²) in [5.74, 6) is 1.62. The minimum atomic E-state index is -1.31. The number of furan rings is 2. The Morgan fingerprint density at radius 1 is 1.24 bits per heavy atom. The van der Waals surface area contributed by atoms with E-state index >= 15 is 0 Å². The van der Waals surface area contributed by atoms with Crippen molar-refractivity contribution in [1.29, 1.82) is 0 Å². The first-order chi connectivity index (χ1) is 11.8. The molecular formula is C19H21NO5. The van der Waals surface area contributed by atoms with E-state index in [1.54, 1.807) is 45.2 Å². The van der Waals surface area contributed by atoms with Crippen molar-refractivity contribution < 1.29 is 23.5 Å². The van der Waals surface area contributed by atoms with Crippen LogP contribution in [0.5, 0.6) is 5.75 Å². The minimum Gasteiger partial charge on any atom is -0.497 e. The zero-order valence-corrected chi connectivity index (χ0v) is 14.7. The van der Waals surface area contributed by atoms with Crippen molar-refractivity contribution in [3.63, 3.8) is 0 Å². The fourth-order valence-electron chi connectivity index (χ4n) is 2.69. The van der Waals surface area contributed by atoms with E-state index in [-0.39, 0.29) is 12.3 Å². The maximum absolute atomic E-state index is 12.5. The average Bonchev–Trinajstić information content (AvgIpc) is 3.17. The van der Waals surface area contributed by atoms with E-state index in [9.17, 15) is 9.90 Å². The molecular weight excluding hydrogens is 322 g/mol. The zero-order valence-electron chi connectivity index (χ0n) is 14.7. The third-order valence-corrected chi connectivity index (χ3v) is 4.21.